The fourth-order valence-electron chi connectivity index (χ4n) is 3.04. The Morgan fingerprint density at radius 1 is 1.04 bits per heavy atom. The summed E-state index contributed by atoms with van der Waals surface area (Å²) in [7, 11) is 1.92. The van der Waals surface area contributed by atoms with Crippen LogP contribution in [0.25, 0.3) is 0 Å². The molecule has 0 aliphatic rings. The van der Waals surface area contributed by atoms with E-state index in [0.717, 1.165) is 18.7 Å². The molecule has 0 saturated heterocycles. The lowest BCUT2D eigenvalue weighted by Crippen LogP contribution is -2.25. The third-order valence-corrected chi connectivity index (χ3v) is 4.36. The molecule has 3 N–H and O–H groups in total. The molecule has 0 bridgehead atoms. The molecule has 0 fully saturated rings. The number of pyridine rings is 1. The number of nitrogen functional groups attached to an aromatic ring is 1. The van der Waals surface area contributed by atoms with Gasteiger partial charge in [0.15, 0.2) is 11.6 Å². The fourth-order valence-corrected chi connectivity index (χ4v) is 3.04. The van der Waals surface area contributed by atoms with Gasteiger partial charge < -0.3 is 16.0 Å². The number of nitrogens with zero attached hydrogens (tertiary/aromatic N) is 2. The molecule has 0 saturated carbocycles. The first-order valence-corrected chi connectivity index (χ1v) is 9.03. The van der Waals surface area contributed by atoms with Crippen molar-refractivity contribution in [3.8, 4) is 0 Å². The van der Waals surface area contributed by atoms with Gasteiger partial charge in [-0.1, -0.05) is 42.5 Å². The molecule has 0 aliphatic heterocycles. The quantitative estimate of drug-likeness (QED) is 0.474. The fraction of sp³-hybridized carbons (Fsp3) is 0.182. The lowest BCUT2D eigenvalue weighted by Gasteiger charge is -2.27. The van der Waals surface area contributed by atoms with Gasteiger partial charge in [0.25, 0.3) is 0 Å². The number of anilines is 3. The summed E-state index contributed by atoms with van der Waals surface area (Å²) in [4.78, 5) is 19.6. The Bertz CT molecular complexity index is 896. The van der Waals surface area contributed by atoms with Crippen LogP contribution in [0.3, 0.4) is 0 Å². The van der Waals surface area contributed by atoms with Crippen LogP contribution in [-0.2, 0) is 0 Å². The van der Waals surface area contributed by atoms with Crippen molar-refractivity contribution >= 4 is 23.0 Å². The van der Waals surface area contributed by atoms with Crippen molar-refractivity contribution in [2.75, 3.05) is 30.8 Å². The van der Waals surface area contributed by atoms with Gasteiger partial charge in [0.05, 0.1) is 11.4 Å². The molecule has 2 aromatic carbocycles. The first-order chi connectivity index (χ1) is 13.2. The summed E-state index contributed by atoms with van der Waals surface area (Å²) in [5, 5.41) is 3.16. The van der Waals surface area contributed by atoms with Crippen molar-refractivity contribution in [1.82, 2.24) is 10.3 Å². The number of para-hydroxylation sites is 1. The Hall–Kier alpha value is -3.18. The number of hydrogen-bond acceptors (Lipinski definition) is 5. The molecular formula is C22H24N4O. The summed E-state index contributed by atoms with van der Waals surface area (Å²) in [5.74, 6) is 0.654. The highest BCUT2D eigenvalue weighted by molar-refractivity contribution is 6.12. The number of benzene rings is 2. The van der Waals surface area contributed by atoms with Gasteiger partial charge in [-0.2, -0.15) is 0 Å². The smallest absolute Gasteiger partial charge is 0.195 e. The number of rotatable bonds is 8. The predicted molar refractivity (Wildman–Crippen MR) is 111 cm³/mol. The topological polar surface area (TPSA) is 71.2 Å². The second kappa shape index (κ2) is 8.96. The summed E-state index contributed by atoms with van der Waals surface area (Å²) in [6.07, 6.45) is 2.61. The summed E-state index contributed by atoms with van der Waals surface area (Å²) in [6, 6.07) is 20.6. The largest absolute Gasteiger partial charge is 0.396 e. The van der Waals surface area contributed by atoms with E-state index < -0.39 is 0 Å². The van der Waals surface area contributed by atoms with Crippen molar-refractivity contribution in [3.63, 3.8) is 0 Å². The second-order valence-corrected chi connectivity index (χ2v) is 6.24. The number of ketones is 1. The SMILES string of the molecule is CNCCCN(c1ccccc1C(=O)c1ccccc1)c1ncccc1N. The van der Waals surface area contributed by atoms with Crippen molar-refractivity contribution in [2.45, 2.75) is 6.42 Å². The maximum Gasteiger partial charge on any atom is 0.195 e. The molecule has 27 heavy (non-hydrogen) atoms. The molecule has 138 valence electrons. The minimum Gasteiger partial charge on any atom is -0.396 e. The second-order valence-electron chi connectivity index (χ2n) is 6.24. The Balaban J connectivity index is 2.05. The molecule has 0 atom stereocenters. The average molecular weight is 360 g/mol. The van der Waals surface area contributed by atoms with Crippen LogP contribution < -0.4 is 16.0 Å². The van der Waals surface area contributed by atoms with Crippen molar-refractivity contribution in [1.29, 1.82) is 0 Å². The number of carbonyl (C=O) groups excluding carboxylic acids is 1. The minimum atomic E-state index is -0.0145. The lowest BCUT2D eigenvalue weighted by atomic mass is 10.0. The van der Waals surface area contributed by atoms with Gasteiger partial charge in [0, 0.05) is 23.9 Å². The zero-order valence-corrected chi connectivity index (χ0v) is 15.4. The van der Waals surface area contributed by atoms with Gasteiger partial charge in [0.1, 0.15) is 0 Å². The standard InChI is InChI=1S/C22H24N4O/c1-24-14-8-16-26(22-19(23)12-7-15-25-22)20-13-6-5-11-18(20)21(27)17-9-3-2-4-10-17/h2-7,9-13,15,24H,8,14,16,23H2,1H3. The third-order valence-electron chi connectivity index (χ3n) is 4.36. The summed E-state index contributed by atoms with van der Waals surface area (Å²) < 4.78 is 0. The number of carbonyl (C=O) groups is 1. The van der Waals surface area contributed by atoms with Crippen LogP contribution in [0.2, 0.25) is 0 Å². The van der Waals surface area contributed by atoms with E-state index in [9.17, 15) is 4.79 Å². The molecular weight excluding hydrogens is 336 g/mol. The molecule has 5 heteroatoms. The van der Waals surface area contributed by atoms with E-state index in [1.807, 2.05) is 78.7 Å². The van der Waals surface area contributed by atoms with Crippen LogP contribution in [0.5, 0.6) is 0 Å². The van der Waals surface area contributed by atoms with Crippen molar-refractivity contribution in [3.05, 3.63) is 84.1 Å². The highest BCUT2D eigenvalue weighted by Crippen LogP contribution is 2.32. The summed E-state index contributed by atoms with van der Waals surface area (Å²) in [6.45, 7) is 1.55. The normalized spacial score (nSPS) is 10.6. The van der Waals surface area contributed by atoms with Crippen LogP contribution in [0.4, 0.5) is 17.2 Å². The molecule has 0 spiro atoms. The Morgan fingerprint density at radius 3 is 2.52 bits per heavy atom. The Kier molecular flexibility index (Phi) is 6.18. The highest BCUT2D eigenvalue weighted by atomic mass is 16.1. The maximum absolute atomic E-state index is 13.1. The van der Waals surface area contributed by atoms with E-state index >= 15 is 0 Å². The number of hydrogen-bond donors (Lipinski definition) is 2. The molecule has 3 aromatic rings. The van der Waals surface area contributed by atoms with Crippen molar-refractivity contribution < 1.29 is 4.79 Å². The number of aromatic nitrogens is 1. The van der Waals surface area contributed by atoms with Gasteiger partial charge in [-0.3, -0.25) is 4.79 Å². The van der Waals surface area contributed by atoms with Crippen molar-refractivity contribution in [2.24, 2.45) is 0 Å². The van der Waals surface area contributed by atoms with Crippen LogP contribution in [0.1, 0.15) is 22.3 Å². The highest BCUT2D eigenvalue weighted by Gasteiger charge is 2.20. The van der Waals surface area contributed by atoms with E-state index in [1.54, 1.807) is 6.20 Å². The minimum absolute atomic E-state index is 0.0145. The van der Waals surface area contributed by atoms with Gasteiger partial charge in [-0.05, 0) is 44.3 Å². The molecule has 3 rings (SSSR count). The van der Waals surface area contributed by atoms with Gasteiger partial charge in [0.2, 0.25) is 0 Å². The predicted octanol–water partition coefficient (Wildman–Crippen LogP) is 3.64. The van der Waals surface area contributed by atoms with Crippen LogP contribution in [-0.4, -0.2) is 30.9 Å². The van der Waals surface area contributed by atoms with E-state index in [-0.39, 0.29) is 5.78 Å². The molecule has 0 aliphatic carbocycles. The molecule has 1 heterocycles. The zero-order valence-electron chi connectivity index (χ0n) is 15.4. The summed E-state index contributed by atoms with van der Waals surface area (Å²) >= 11 is 0. The first-order valence-electron chi connectivity index (χ1n) is 9.03. The maximum atomic E-state index is 13.1. The zero-order chi connectivity index (χ0) is 19.1. The molecule has 5 nitrogen and oxygen atoms in total. The van der Waals surface area contributed by atoms with E-state index in [1.165, 1.54) is 0 Å². The summed E-state index contributed by atoms with van der Waals surface area (Å²) in [5.41, 5.74) is 8.89. The average Bonchev–Trinajstić information content (AvgIpc) is 2.72. The Morgan fingerprint density at radius 2 is 1.78 bits per heavy atom. The monoisotopic (exact) mass is 360 g/mol. The van der Waals surface area contributed by atoms with Gasteiger partial charge >= 0.3 is 0 Å². The number of nitrogens with two attached hydrogens (primary N) is 1. The van der Waals surface area contributed by atoms with Crippen LogP contribution >= 0.6 is 0 Å². The Labute approximate surface area is 159 Å². The molecule has 0 unspecified atom stereocenters. The lowest BCUT2D eigenvalue weighted by molar-refractivity contribution is 0.103. The number of nitrogens with one attached hydrogen (secondary N) is 1. The van der Waals surface area contributed by atoms with Crippen LogP contribution in [0.15, 0.2) is 72.9 Å². The van der Waals surface area contributed by atoms with E-state index in [2.05, 4.69) is 10.3 Å². The first kappa shape index (κ1) is 18.6. The molecule has 0 amide bonds. The molecule has 0 radical (unpaired) electrons. The van der Waals surface area contributed by atoms with Gasteiger partial charge in [-0.25, -0.2) is 4.98 Å². The van der Waals surface area contributed by atoms with E-state index in [0.29, 0.717) is 29.2 Å². The third kappa shape index (κ3) is 4.33. The van der Waals surface area contributed by atoms with E-state index in [4.69, 9.17) is 5.73 Å². The van der Waals surface area contributed by atoms with Crippen LogP contribution in [0, 0.1) is 0 Å². The van der Waals surface area contributed by atoms with Gasteiger partial charge in [-0.15, -0.1) is 0 Å². The molecule has 1 aromatic heterocycles.